The maximum absolute atomic E-state index is 12.6. The number of nitrogens with zero attached hydrogens (tertiary/aromatic N) is 2. The van der Waals surface area contributed by atoms with Gasteiger partial charge in [0, 0.05) is 41.6 Å². The molecular weight excluding hydrogens is 398 g/mol. The zero-order valence-electron chi connectivity index (χ0n) is 15.0. The summed E-state index contributed by atoms with van der Waals surface area (Å²) in [5, 5.41) is 6.75. The van der Waals surface area contributed by atoms with Gasteiger partial charge in [-0.2, -0.15) is 0 Å². The standard InChI is InChI=1S/C20H20ClN3OS2/c1-13-18(27-20(23-13)14-2-4-16(21)5-3-14)19(25)22-8-10-24-9-6-17-15(12-24)7-11-26-17/h2-5,7,11H,6,8-10,12H2,1H3,(H,22,25). The zero-order valence-corrected chi connectivity index (χ0v) is 17.4. The Bertz CT molecular complexity index is 949. The molecule has 0 spiro atoms. The number of nitrogens with one attached hydrogen (secondary N) is 1. The highest BCUT2D eigenvalue weighted by Gasteiger charge is 2.19. The number of thiophene rings is 1. The molecule has 0 radical (unpaired) electrons. The first-order chi connectivity index (χ1) is 13.1. The minimum atomic E-state index is -0.0431. The van der Waals surface area contributed by atoms with Crippen molar-refractivity contribution in [1.29, 1.82) is 0 Å². The smallest absolute Gasteiger partial charge is 0.263 e. The largest absolute Gasteiger partial charge is 0.350 e. The molecule has 0 saturated carbocycles. The number of benzene rings is 1. The number of fused-ring (bicyclic) bond motifs is 1. The molecular formula is C20H20ClN3OS2. The number of carbonyl (C=O) groups is 1. The molecule has 3 heterocycles. The SMILES string of the molecule is Cc1nc(-c2ccc(Cl)cc2)sc1C(=O)NCCN1CCc2sccc2C1. The van der Waals surface area contributed by atoms with Crippen LogP contribution in [0, 0.1) is 6.92 Å². The van der Waals surface area contributed by atoms with Crippen LogP contribution in [-0.2, 0) is 13.0 Å². The maximum atomic E-state index is 12.6. The van der Waals surface area contributed by atoms with Gasteiger partial charge in [0.25, 0.3) is 5.91 Å². The summed E-state index contributed by atoms with van der Waals surface area (Å²) in [6, 6.07) is 9.74. The summed E-state index contributed by atoms with van der Waals surface area (Å²) in [7, 11) is 0. The summed E-state index contributed by atoms with van der Waals surface area (Å²) in [4.78, 5) is 21.7. The molecule has 0 fully saturated rings. The first-order valence-electron chi connectivity index (χ1n) is 8.89. The van der Waals surface area contributed by atoms with E-state index < -0.39 is 0 Å². The van der Waals surface area contributed by atoms with Crippen molar-refractivity contribution < 1.29 is 4.79 Å². The van der Waals surface area contributed by atoms with Gasteiger partial charge >= 0.3 is 0 Å². The van der Waals surface area contributed by atoms with E-state index in [-0.39, 0.29) is 5.91 Å². The topological polar surface area (TPSA) is 45.2 Å². The molecule has 140 valence electrons. The van der Waals surface area contributed by atoms with E-state index in [9.17, 15) is 4.79 Å². The molecule has 1 amide bonds. The molecule has 1 aliphatic heterocycles. The maximum Gasteiger partial charge on any atom is 0.263 e. The van der Waals surface area contributed by atoms with Crippen molar-refractivity contribution in [1.82, 2.24) is 15.2 Å². The number of thiazole rings is 1. The fraction of sp³-hybridized carbons (Fsp3) is 0.300. The molecule has 4 rings (SSSR count). The Hall–Kier alpha value is -1.73. The number of carbonyl (C=O) groups excluding carboxylic acids is 1. The van der Waals surface area contributed by atoms with Crippen LogP contribution < -0.4 is 5.32 Å². The van der Waals surface area contributed by atoms with Crippen LogP contribution in [0.1, 0.15) is 25.8 Å². The van der Waals surface area contributed by atoms with Gasteiger partial charge in [-0.05, 0) is 42.5 Å². The summed E-state index contributed by atoms with van der Waals surface area (Å²) in [5.41, 5.74) is 3.18. The Morgan fingerprint density at radius 3 is 2.93 bits per heavy atom. The van der Waals surface area contributed by atoms with Gasteiger partial charge in [-0.3, -0.25) is 9.69 Å². The van der Waals surface area contributed by atoms with E-state index in [0.29, 0.717) is 16.4 Å². The monoisotopic (exact) mass is 417 g/mol. The molecule has 0 saturated heterocycles. The van der Waals surface area contributed by atoms with E-state index in [2.05, 4.69) is 26.6 Å². The third-order valence-electron chi connectivity index (χ3n) is 4.69. The van der Waals surface area contributed by atoms with Crippen LogP contribution in [0.25, 0.3) is 10.6 Å². The molecule has 0 atom stereocenters. The van der Waals surface area contributed by atoms with Crippen LogP contribution in [0.3, 0.4) is 0 Å². The molecule has 2 aromatic heterocycles. The summed E-state index contributed by atoms with van der Waals surface area (Å²) in [6.07, 6.45) is 1.11. The third-order valence-corrected chi connectivity index (χ3v) is 7.17. The molecule has 1 aromatic carbocycles. The number of hydrogen-bond donors (Lipinski definition) is 1. The number of hydrogen-bond acceptors (Lipinski definition) is 5. The Labute approximate surface area is 171 Å². The van der Waals surface area contributed by atoms with Gasteiger partial charge in [0.05, 0.1) is 5.69 Å². The van der Waals surface area contributed by atoms with Crippen molar-refractivity contribution >= 4 is 40.2 Å². The first kappa shape index (κ1) is 18.6. The van der Waals surface area contributed by atoms with Crippen LogP contribution >= 0.6 is 34.3 Å². The van der Waals surface area contributed by atoms with Gasteiger partial charge in [0.1, 0.15) is 9.88 Å². The number of aryl methyl sites for hydroxylation is 1. The van der Waals surface area contributed by atoms with Crippen molar-refractivity contribution in [2.45, 2.75) is 19.9 Å². The molecule has 7 heteroatoms. The third kappa shape index (κ3) is 4.24. The average Bonchev–Trinajstić information content (AvgIpc) is 3.28. The average molecular weight is 418 g/mol. The second-order valence-electron chi connectivity index (χ2n) is 6.59. The Kier molecular flexibility index (Phi) is 5.59. The minimum absolute atomic E-state index is 0.0431. The van der Waals surface area contributed by atoms with Crippen molar-refractivity contribution in [2.75, 3.05) is 19.6 Å². The molecule has 0 bridgehead atoms. The van der Waals surface area contributed by atoms with E-state index in [1.54, 1.807) is 0 Å². The summed E-state index contributed by atoms with van der Waals surface area (Å²) >= 11 is 9.22. The van der Waals surface area contributed by atoms with E-state index in [1.807, 2.05) is 42.5 Å². The number of aromatic nitrogens is 1. The van der Waals surface area contributed by atoms with E-state index in [0.717, 1.165) is 42.3 Å². The van der Waals surface area contributed by atoms with E-state index >= 15 is 0 Å². The number of amides is 1. The summed E-state index contributed by atoms with van der Waals surface area (Å²) in [6.45, 7) is 5.43. The van der Waals surface area contributed by atoms with Crippen LogP contribution in [0.4, 0.5) is 0 Å². The lowest BCUT2D eigenvalue weighted by molar-refractivity contribution is 0.0950. The lowest BCUT2D eigenvalue weighted by Gasteiger charge is -2.26. The molecule has 1 aliphatic rings. The number of rotatable bonds is 5. The van der Waals surface area contributed by atoms with E-state index in [1.165, 1.54) is 21.8 Å². The van der Waals surface area contributed by atoms with Crippen LogP contribution in [0.15, 0.2) is 35.7 Å². The Balaban J connectivity index is 1.34. The lowest BCUT2D eigenvalue weighted by Crippen LogP contribution is -2.37. The van der Waals surface area contributed by atoms with Crippen molar-refractivity contribution in [3.8, 4) is 10.6 Å². The Morgan fingerprint density at radius 2 is 2.11 bits per heavy atom. The van der Waals surface area contributed by atoms with Gasteiger partial charge < -0.3 is 5.32 Å². The molecule has 0 aliphatic carbocycles. The first-order valence-corrected chi connectivity index (χ1v) is 11.0. The normalized spacial score (nSPS) is 14.1. The second kappa shape index (κ2) is 8.10. The van der Waals surface area contributed by atoms with Gasteiger partial charge in [0.2, 0.25) is 0 Å². The highest BCUT2D eigenvalue weighted by atomic mass is 35.5. The van der Waals surface area contributed by atoms with Gasteiger partial charge in [-0.15, -0.1) is 22.7 Å². The number of halogens is 1. The molecule has 4 nitrogen and oxygen atoms in total. The predicted molar refractivity (Wildman–Crippen MR) is 113 cm³/mol. The fourth-order valence-corrected chi connectivity index (χ4v) is 5.23. The summed E-state index contributed by atoms with van der Waals surface area (Å²) < 4.78 is 0. The lowest BCUT2D eigenvalue weighted by atomic mass is 10.1. The summed E-state index contributed by atoms with van der Waals surface area (Å²) in [5.74, 6) is -0.0431. The highest BCUT2D eigenvalue weighted by molar-refractivity contribution is 7.17. The van der Waals surface area contributed by atoms with Crippen molar-refractivity contribution in [2.24, 2.45) is 0 Å². The fourth-order valence-electron chi connectivity index (χ4n) is 3.23. The molecule has 1 N–H and O–H groups in total. The minimum Gasteiger partial charge on any atom is -0.350 e. The van der Waals surface area contributed by atoms with E-state index in [4.69, 9.17) is 11.6 Å². The quantitative estimate of drug-likeness (QED) is 0.658. The Morgan fingerprint density at radius 1 is 1.30 bits per heavy atom. The van der Waals surface area contributed by atoms with Gasteiger partial charge in [0.15, 0.2) is 0 Å². The van der Waals surface area contributed by atoms with Gasteiger partial charge in [-0.1, -0.05) is 23.7 Å². The predicted octanol–water partition coefficient (Wildman–Crippen LogP) is 4.62. The van der Waals surface area contributed by atoms with Gasteiger partial charge in [-0.25, -0.2) is 4.98 Å². The van der Waals surface area contributed by atoms with Crippen LogP contribution in [-0.4, -0.2) is 35.4 Å². The molecule has 27 heavy (non-hydrogen) atoms. The second-order valence-corrected chi connectivity index (χ2v) is 9.03. The zero-order chi connectivity index (χ0) is 18.8. The van der Waals surface area contributed by atoms with Crippen LogP contribution in [0.5, 0.6) is 0 Å². The molecule has 0 unspecified atom stereocenters. The highest BCUT2D eigenvalue weighted by Crippen LogP contribution is 2.29. The van der Waals surface area contributed by atoms with Crippen molar-refractivity contribution in [3.63, 3.8) is 0 Å². The molecule has 3 aromatic rings. The van der Waals surface area contributed by atoms with Crippen molar-refractivity contribution in [3.05, 3.63) is 61.7 Å². The van der Waals surface area contributed by atoms with Crippen LogP contribution in [0.2, 0.25) is 5.02 Å².